The number of carbonyl (C=O) groups is 1. The molecule has 0 saturated carbocycles. The fraction of sp³-hybridized carbons (Fsp3) is 0.417. The van der Waals surface area contributed by atoms with Gasteiger partial charge >= 0.3 is 0 Å². The molecule has 0 aromatic heterocycles. The maximum absolute atomic E-state index is 11.7. The molecule has 1 saturated heterocycles. The van der Waals surface area contributed by atoms with Crippen molar-refractivity contribution in [3.63, 3.8) is 0 Å². The van der Waals surface area contributed by atoms with Gasteiger partial charge in [-0.05, 0) is 37.5 Å². The molecule has 1 aromatic rings. The highest BCUT2D eigenvalue weighted by Crippen LogP contribution is 2.35. The van der Waals surface area contributed by atoms with Crippen LogP contribution in [-0.2, 0) is 4.79 Å². The van der Waals surface area contributed by atoms with Crippen LogP contribution in [-0.4, -0.2) is 12.5 Å². The Kier molecular flexibility index (Phi) is 2.50. The Morgan fingerprint density at radius 3 is 2.19 bits per heavy atom. The molecular weight excluding hydrogens is 202 g/mol. The van der Waals surface area contributed by atoms with Crippen LogP contribution in [0.1, 0.15) is 24.0 Å². The molecule has 1 aliphatic heterocycles. The summed E-state index contributed by atoms with van der Waals surface area (Å²) < 4.78 is 0. The zero-order valence-electron chi connectivity index (χ0n) is 9.71. The number of carbonyl (C=O) groups excluding carboxylic acids is 1. The number of hydrogen-bond acceptors (Lipinski definition) is 3. The lowest BCUT2D eigenvalue weighted by Crippen LogP contribution is -2.26. The van der Waals surface area contributed by atoms with Crippen LogP contribution in [0.25, 0.3) is 0 Å². The van der Waals surface area contributed by atoms with Crippen LogP contribution in [0.4, 0.5) is 17.1 Å². The Morgan fingerprint density at radius 2 is 1.75 bits per heavy atom. The van der Waals surface area contributed by atoms with Crippen LogP contribution in [0, 0.1) is 13.8 Å². The summed E-state index contributed by atoms with van der Waals surface area (Å²) in [5.41, 5.74) is 15.9. The lowest BCUT2D eigenvalue weighted by Gasteiger charge is -2.23. The maximum atomic E-state index is 11.7. The summed E-state index contributed by atoms with van der Waals surface area (Å²) in [7, 11) is 0. The van der Waals surface area contributed by atoms with E-state index >= 15 is 0 Å². The van der Waals surface area contributed by atoms with Gasteiger partial charge in [-0.1, -0.05) is 0 Å². The molecule has 2 rings (SSSR count). The standard InChI is InChI=1S/C12H17N3O/c1-7-9(13)6-10(14)8(2)12(7)15-5-3-4-11(15)16/h6H,3-5,13-14H2,1-2H3. The Morgan fingerprint density at radius 1 is 1.19 bits per heavy atom. The van der Waals surface area contributed by atoms with Crippen LogP contribution in [0.2, 0.25) is 0 Å². The van der Waals surface area contributed by atoms with Crippen molar-refractivity contribution in [3.05, 3.63) is 17.2 Å². The van der Waals surface area contributed by atoms with Gasteiger partial charge in [-0.15, -0.1) is 0 Å². The van der Waals surface area contributed by atoms with Crippen molar-refractivity contribution in [2.75, 3.05) is 22.9 Å². The number of amides is 1. The Bertz CT molecular complexity index is 428. The normalized spacial score (nSPS) is 15.9. The molecule has 0 atom stereocenters. The number of nitrogens with zero attached hydrogens (tertiary/aromatic N) is 1. The van der Waals surface area contributed by atoms with Crippen LogP contribution < -0.4 is 16.4 Å². The van der Waals surface area contributed by atoms with Gasteiger partial charge in [0.1, 0.15) is 0 Å². The van der Waals surface area contributed by atoms with E-state index in [0.29, 0.717) is 17.8 Å². The summed E-state index contributed by atoms with van der Waals surface area (Å²) in [5.74, 6) is 0.163. The summed E-state index contributed by atoms with van der Waals surface area (Å²) in [6.07, 6.45) is 1.53. The third-order valence-electron chi connectivity index (χ3n) is 3.23. The van der Waals surface area contributed by atoms with E-state index in [4.69, 9.17) is 11.5 Å². The second kappa shape index (κ2) is 3.70. The fourth-order valence-corrected chi connectivity index (χ4v) is 2.23. The smallest absolute Gasteiger partial charge is 0.227 e. The molecule has 86 valence electrons. The van der Waals surface area contributed by atoms with E-state index in [-0.39, 0.29) is 5.91 Å². The molecule has 1 fully saturated rings. The van der Waals surface area contributed by atoms with Gasteiger partial charge in [0, 0.05) is 24.3 Å². The molecule has 1 aromatic carbocycles. The third kappa shape index (κ3) is 1.50. The summed E-state index contributed by atoms with van der Waals surface area (Å²) in [4.78, 5) is 13.5. The molecule has 0 aliphatic carbocycles. The molecule has 1 aliphatic rings. The van der Waals surface area contributed by atoms with Gasteiger partial charge < -0.3 is 16.4 Å². The Balaban J connectivity index is 2.58. The number of nitrogens with two attached hydrogens (primary N) is 2. The van der Waals surface area contributed by atoms with Crippen molar-refractivity contribution < 1.29 is 4.79 Å². The molecule has 0 bridgehead atoms. The summed E-state index contributed by atoms with van der Waals surface area (Å²) in [5, 5.41) is 0. The van der Waals surface area contributed by atoms with Crippen LogP contribution >= 0.6 is 0 Å². The number of nitrogen functional groups attached to an aromatic ring is 2. The van der Waals surface area contributed by atoms with E-state index in [1.54, 1.807) is 11.0 Å². The molecule has 0 unspecified atom stereocenters. The molecule has 0 radical (unpaired) electrons. The van der Waals surface area contributed by atoms with Crippen molar-refractivity contribution in [2.45, 2.75) is 26.7 Å². The van der Waals surface area contributed by atoms with Gasteiger partial charge in [-0.3, -0.25) is 4.79 Å². The first kappa shape index (κ1) is 10.8. The highest BCUT2D eigenvalue weighted by atomic mass is 16.2. The van der Waals surface area contributed by atoms with Crippen molar-refractivity contribution in [1.82, 2.24) is 0 Å². The highest BCUT2D eigenvalue weighted by molar-refractivity contribution is 5.98. The van der Waals surface area contributed by atoms with E-state index in [1.807, 2.05) is 13.8 Å². The molecular formula is C12H17N3O. The van der Waals surface area contributed by atoms with Gasteiger partial charge in [0.05, 0.1) is 5.69 Å². The minimum Gasteiger partial charge on any atom is -0.398 e. The molecule has 4 heteroatoms. The second-order valence-electron chi connectivity index (χ2n) is 4.30. The van der Waals surface area contributed by atoms with E-state index in [1.165, 1.54) is 0 Å². The first-order chi connectivity index (χ1) is 7.52. The molecule has 4 nitrogen and oxygen atoms in total. The topological polar surface area (TPSA) is 72.3 Å². The predicted octanol–water partition coefficient (Wildman–Crippen LogP) is 1.59. The predicted molar refractivity (Wildman–Crippen MR) is 66.3 cm³/mol. The van der Waals surface area contributed by atoms with E-state index in [2.05, 4.69) is 0 Å². The average molecular weight is 219 g/mol. The van der Waals surface area contributed by atoms with Crippen molar-refractivity contribution in [3.8, 4) is 0 Å². The van der Waals surface area contributed by atoms with Crippen molar-refractivity contribution in [1.29, 1.82) is 0 Å². The summed E-state index contributed by atoms with van der Waals surface area (Å²) in [6.45, 7) is 4.63. The zero-order chi connectivity index (χ0) is 11.9. The second-order valence-corrected chi connectivity index (χ2v) is 4.30. The first-order valence-corrected chi connectivity index (χ1v) is 5.48. The minimum atomic E-state index is 0.163. The van der Waals surface area contributed by atoms with Gasteiger partial charge in [-0.2, -0.15) is 0 Å². The number of rotatable bonds is 1. The molecule has 0 spiro atoms. The highest BCUT2D eigenvalue weighted by Gasteiger charge is 2.25. The largest absolute Gasteiger partial charge is 0.398 e. The van der Waals surface area contributed by atoms with Crippen molar-refractivity contribution >= 4 is 23.0 Å². The zero-order valence-corrected chi connectivity index (χ0v) is 9.71. The minimum absolute atomic E-state index is 0.163. The van der Waals surface area contributed by atoms with Gasteiger partial charge in [0.2, 0.25) is 5.91 Å². The summed E-state index contributed by atoms with van der Waals surface area (Å²) >= 11 is 0. The van der Waals surface area contributed by atoms with Gasteiger partial charge in [-0.25, -0.2) is 0 Å². The summed E-state index contributed by atoms with van der Waals surface area (Å²) in [6, 6.07) is 1.76. The first-order valence-electron chi connectivity index (χ1n) is 5.48. The maximum Gasteiger partial charge on any atom is 0.227 e. The van der Waals surface area contributed by atoms with E-state index in [9.17, 15) is 4.79 Å². The van der Waals surface area contributed by atoms with Gasteiger partial charge in [0.15, 0.2) is 0 Å². The van der Waals surface area contributed by atoms with Crippen LogP contribution in [0.5, 0.6) is 0 Å². The van der Waals surface area contributed by atoms with E-state index < -0.39 is 0 Å². The number of benzene rings is 1. The van der Waals surface area contributed by atoms with Crippen molar-refractivity contribution in [2.24, 2.45) is 0 Å². The Hall–Kier alpha value is -1.71. The lowest BCUT2D eigenvalue weighted by atomic mass is 10.0. The van der Waals surface area contributed by atoms with Crippen LogP contribution in [0.15, 0.2) is 6.07 Å². The monoisotopic (exact) mass is 219 g/mol. The van der Waals surface area contributed by atoms with Crippen LogP contribution in [0.3, 0.4) is 0 Å². The van der Waals surface area contributed by atoms with E-state index in [0.717, 1.165) is 29.8 Å². The number of anilines is 3. The average Bonchev–Trinajstić information content (AvgIpc) is 2.63. The van der Waals surface area contributed by atoms with Gasteiger partial charge in [0.25, 0.3) is 0 Å². The lowest BCUT2D eigenvalue weighted by molar-refractivity contribution is -0.117. The SMILES string of the molecule is Cc1c(N)cc(N)c(C)c1N1CCCC1=O. The number of hydrogen-bond donors (Lipinski definition) is 2. The molecule has 4 N–H and O–H groups in total. The Labute approximate surface area is 95.2 Å². The fourth-order valence-electron chi connectivity index (χ4n) is 2.23. The third-order valence-corrected chi connectivity index (χ3v) is 3.23. The quantitative estimate of drug-likeness (QED) is 0.704. The molecule has 1 amide bonds. The molecule has 1 heterocycles. The molecule has 16 heavy (non-hydrogen) atoms.